The maximum atomic E-state index is 8.72. The Morgan fingerprint density at radius 2 is 1.88 bits per heavy atom. The minimum absolute atomic E-state index is 0.0558. The molecule has 0 rings (SSSR count). The zero-order chi connectivity index (χ0) is 12.6. The fourth-order valence-corrected chi connectivity index (χ4v) is 2.32. The van der Waals surface area contributed by atoms with Gasteiger partial charge in [0.15, 0.2) is 0 Å². The number of halogens is 2. The SMILES string of the molecule is CCC(OCCCO)C(CC(C)Cl)C(C)Cl. The van der Waals surface area contributed by atoms with Crippen molar-refractivity contribution in [2.75, 3.05) is 13.2 Å². The van der Waals surface area contributed by atoms with Crippen LogP contribution in [0.3, 0.4) is 0 Å². The van der Waals surface area contributed by atoms with E-state index >= 15 is 0 Å². The molecule has 0 aromatic heterocycles. The number of aliphatic hydroxyl groups excluding tert-OH is 1. The maximum Gasteiger partial charge on any atom is 0.0615 e. The summed E-state index contributed by atoms with van der Waals surface area (Å²) in [5.41, 5.74) is 0. The Morgan fingerprint density at radius 3 is 2.25 bits per heavy atom. The number of hydrogen-bond acceptors (Lipinski definition) is 2. The summed E-state index contributed by atoms with van der Waals surface area (Å²) < 4.78 is 5.75. The van der Waals surface area contributed by atoms with Gasteiger partial charge in [-0.05, 0) is 33.1 Å². The first kappa shape index (κ1) is 16.5. The highest BCUT2D eigenvalue weighted by atomic mass is 35.5. The smallest absolute Gasteiger partial charge is 0.0615 e. The van der Waals surface area contributed by atoms with Crippen LogP contribution in [-0.2, 0) is 4.74 Å². The fraction of sp³-hybridized carbons (Fsp3) is 1.00. The third-order valence-corrected chi connectivity index (χ3v) is 3.20. The summed E-state index contributed by atoms with van der Waals surface area (Å²) in [4.78, 5) is 0. The van der Waals surface area contributed by atoms with Crippen molar-refractivity contribution >= 4 is 23.2 Å². The molecule has 0 heterocycles. The van der Waals surface area contributed by atoms with Gasteiger partial charge in [-0.25, -0.2) is 0 Å². The highest BCUT2D eigenvalue weighted by Gasteiger charge is 2.26. The normalized spacial score (nSPS) is 19.1. The van der Waals surface area contributed by atoms with Crippen LogP contribution in [0.15, 0.2) is 0 Å². The van der Waals surface area contributed by atoms with Crippen LogP contribution in [0, 0.1) is 5.92 Å². The predicted molar refractivity (Wildman–Crippen MR) is 70.5 cm³/mol. The minimum Gasteiger partial charge on any atom is -0.396 e. The van der Waals surface area contributed by atoms with E-state index < -0.39 is 0 Å². The lowest BCUT2D eigenvalue weighted by atomic mass is 9.92. The van der Waals surface area contributed by atoms with Crippen LogP contribution in [0.25, 0.3) is 0 Å². The van der Waals surface area contributed by atoms with Crippen molar-refractivity contribution in [2.45, 2.75) is 56.9 Å². The highest BCUT2D eigenvalue weighted by molar-refractivity contribution is 6.21. The standard InChI is InChI=1S/C12H24Cl2O2/c1-4-12(16-7-5-6-15)11(10(3)14)8-9(2)13/h9-12,15H,4-8H2,1-3H3. The van der Waals surface area contributed by atoms with E-state index in [0.717, 1.165) is 12.8 Å². The summed E-state index contributed by atoms with van der Waals surface area (Å²) in [5, 5.41) is 8.89. The van der Waals surface area contributed by atoms with Gasteiger partial charge in [0.05, 0.1) is 6.10 Å². The molecule has 0 aromatic rings. The van der Waals surface area contributed by atoms with Crippen LogP contribution in [0.5, 0.6) is 0 Å². The molecule has 4 atom stereocenters. The van der Waals surface area contributed by atoms with Gasteiger partial charge in [0.2, 0.25) is 0 Å². The Bertz CT molecular complexity index is 163. The second kappa shape index (κ2) is 9.52. The first-order valence-corrected chi connectivity index (χ1v) is 6.90. The molecule has 0 spiro atoms. The molecule has 1 N–H and O–H groups in total. The predicted octanol–water partition coefficient (Wildman–Crippen LogP) is 3.42. The van der Waals surface area contributed by atoms with Crippen LogP contribution in [0.2, 0.25) is 0 Å². The largest absolute Gasteiger partial charge is 0.396 e. The van der Waals surface area contributed by atoms with Gasteiger partial charge in [-0.3, -0.25) is 0 Å². The maximum absolute atomic E-state index is 8.72. The first-order valence-electron chi connectivity index (χ1n) is 6.03. The fourth-order valence-electron chi connectivity index (χ4n) is 1.85. The van der Waals surface area contributed by atoms with E-state index in [1.54, 1.807) is 0 Å². The molecular weight excluding hydrogens is 247 g/mol. The van der Waals surface area contributed by atoms with Crippen molar-refractivity contribution in [2.24, 2.45) is 5.92 Å². The number of ether oxygens (including phenoxy) is 1. The molecule has 4 heteroatoms. The van der Waals surface area contributed by atoms with Gasteiger partial charge in [-0.15, -0.1) is 23.2 Å². The van der Waals surface area contributed by atoms with Gasteiger partial charge in [-0.2, -0.15) is 0 Å². The lowest BCUT2D eigenvalue weighted by molar-refractivity contribution is 0.00114. The lowest BCUT2D eigenvalue weighted by Crippen LogP contribution is -2.31. The molecule has 0 radical (unpaired) electrons. The van der Waals surface area contributed by atoms with Crippen LogP contribution in [0.4, 0.5) is 0 Å². The molecule has 4 unspecified atom stereocenters. The van der Waals surface area contributed by atoms with Gasteiger partial charge in [0, 0.05) is 29.9 Å². The van der Waals surface area contributed by atoms with E-state index in [2.05, 4.69) is 6.92 Å². The molecular formula is C12H24Cl2O2. The van der Waals surface area contributed by atoms with Crippen LogP contribution in [0.1, 0.15) is 40.0 Å². The topological polar surface area (TPSA) is 29.5 Å². The van der Waals surface area contributed by atoms with Gasteiger partial charge in [0.25, 0.3) is 0 Å². The molecule has 0 saturated carbocycles. The number of hydrogen-bond donors (Lipinski definition) is 1. The summed E-state index contributed by atoms with van der Waals surface area (Å²) in [6.07, 6.45) is 2.61. The highest BCUT2D eigenvalue weighted by Crippen LogP contribution is 2.26. The van der Waals surface area contributed by atoms with E-state index in [1.165, 1.54) is 0 Å². The molecule has 0 fully saturated rings. The van der Waals surface area contributed by atoms with Gasteiger partial charge >= 0.3 is 0 Å². The second-order valence-corrected chi connectivity index (χ2v) is 5.69. The second-order valence-electron chi connectivity index (χ2n) is 4.25. The van der Waals surface area contributed by atoms with Crippen LogP contribution >= 0.6 is 23.2 Å². The molecule has 0 saturated heterocycles. The van der Waals surface area contributed by atoms with E-state index in [9.17, 15) is 0 Å². The average Bonchev–Trinajstić information content (AvgIpc) is 2.21. The summed E-state index contributed by atoms with van der Waals surface area (Å²) in [6.45, 7) is 6.82. The number of alkyl halides is 2. The van der Waals surface area contributed by atoms with E-state index in [1.807, 2.05) is 13.8 Å². The van der Waals surface area contributed by atoms with Crippen molar-refractivity contribution in [3.8, 4) is 0 Å². The molecule has 0 amide bonds. The minimum atomic E-state index is 0.0558. The summed E-state index contributed by atoms with van der Waals surface area (Å²) in [5.74, 6) is 0.276. The van der Waals surface area contributed by atoms with Crippen molar-refractivity contribution in [1.29, 1.82) is 0 Å². The summed E-state index contributed by atoms with van der Waals surface area (Å²) in [7, 11) is 0. The molecule has 98 valence electrons. The monoisotopic (exact) mass is 270 g/mol. The van der Waals surface area contributed by atoms with Crippen molar-refractivity contribution in [3.63, 3.8) is 0 Å². The lowest BCUT2D eigenvalue weighted by Gasteiger charge is -2.29. The van der Waals surface area contributed by atoms with Crippen molar-refractivity contribution in [1.82, 2.24) is 0 Å². The molecule has 0 aliphatic heterocycles. The van der Waals surface area contributed by atoms with Gasteiger partial charge in [0.1, 0.15) is 0 Å². The molecule has 16 heavy (non-hydrogen) atoms. The van der Waals surface area contributed by atoms with E-state index in [4.69, 9.17) is 33.0 Å². The van der Waals surface area contributed by atoms with Crippen molar-refractivity contribution in [3.05, 3.63) is 0 Å². The Kier molecular flexibility index (Phi) is 9.82. The van der Waals surface area contributed by atoms with Crippen molar-refractivity contribution < 1.29 is 9.84 Å². The quantitative estimate of drug-likeness (QED) is 0.514. The molecule has 0 aliphatic rings. The zero-order valence-corrected chi connectivity index (χ0v) is 12.0. The van der Waals surface area contributed by atoms with Gasteiger partial charge in [-0.1, -0.05) is 6.92 Å². The number of rotatable bonds is 9. The Balaban J connectivity index is 4.22. The third-order valence-electron chi connectivity index (χ3n) is 2.70. The molecule has 2 nitrogen and oxygen atoms in total. The van der Waals surface area contributed by atoms with E-state index in [0.29, 0.717) is 13.0 Å². The molecule has 0 bridgehead atoms. The van der Waals surface area contributed by atoms with Gasteiger partial charge < -0.3 is 9.84 Å². The summed E-state index contributed by atoms with van der Waals surface area (Å²) in [6, 6.07) is 0. The summed E-state index contributed by atoms with van der Waals surface area (Å²) >= 11 is 12.2. The van der Waals surface area contributed by atoms with Crippen LogP contribution in [-0.4, -0.2) is 35.2 Å². The zero-order valence-electron chi connectivity index (χ0n) is 10.5. The molecule has 0 aliphatic carbocycles. The average molecular weight is 271 g/mol. The first-order chi connectivity index (χ1) is 7.52. The molecule has 0 aromatic carbocycles. The Hall–Kier alpha value is 0.500. The van der Waals surface area contributed by atoms with Crippen LogP contribution < -0.4 is 0 Å². The Labute approximate surface area is 109 Å². The third kappa shape index (κ3) is 6.95. The Morgan fingerprint density at radius 1 is 1.25 bits per heavy atom. The number of aliphatic hydroxyl groups is 1. The van der Waals surface area contributed by atoms with E-state index in [-0.39, 0.29) is 29.4 Å².